The van der Waals surface area contributed by atoms with Crippen molar-refractivity contribution in [3.63, 3.8) is 0 Å². The molecular formula is C37H37Cl2FN4O7S. The van der Waals surface area contributed by atoms with Gasteiger partial charge in [0.25, 0.3) is 0 Å². The Balaban J connectivity index is 1.36. The number of halogens is 3. The number of hydrogen-bond donors (Lipinski definition) is 3. The Morgan fingerprint density at radius 1 is 0.942 bits per heavy atom. The maximum atomic E-state index is 14.8. The van der Waals surface area contributed by atoms with Gasteiger partial charge in [0.2, 0.25) is 21.8 Å². The van der Waals surface area contributed by atoms with Crippen LogP contribution < -0.4 is 19.7 Å². The van der Waals surface area contributed by atoms with E-state index in [-0.39, 0.29) is 43.5 Å². The molecule has 52 heavy (non-hydrogen) atoms. The van der Waals surface area contributed by atoms with E-state index < -0.39 is 57.9 Å². The van der Waals surface area contributed by atoms with Crippen molar-refractivity contribution in [3.8, 4) is 5.75 Å². The molecule has 4 aromatic rings. The molecule has 11 nitrogen and oxygen atoms in total. The van der Waals surface area contributed by atoms with Gasteiger partial charge in [-0.25, -0.2) is 12.8 Å². The number of benzene rings is 4. The Morgan fingerprint density at radius 3 is 2.10 bits per heavy atom. The number of carbonyl (C=O) groups excluding carboxylic acids is 2. The van der Waals surface area contributed by atoms with Crippen LogP contribution in [0.15, 0.2) is 97.1 Å². The molecule has 5 rings (SSSR count). The summed E-state index contributed by atoms with van der Waals surface area (Å²) in [5.74, 6) is -4.06. The Morgan fingerprint density at radius 2 is 1.54 bits per heavy atom. The summed E-state index contributed by atoms with van der Waals surface area (Å²) in [6, 6.07) is 25.1. The Labute approximate surface area is 311 Å². The van der Waals surface area contributed by atoms with Crippen molar-refractivity contribution < 1.29 is 37.0 Å². The third kappa shape index (κ3) is 10.0. The lowest BCUT2D eigenvalue weighted by atomic mass is 9.93. The number of carboxylic acids is 1. The molecule has 15 heteroatoms. The van der Waals surface area contributed by atoms with Crippen LogP contribution in [-0.4, -0.2) is 80.8 Å². The molecule has 0 bridgehead atoms. The van der Waals surface area contributed by atoms with Crippen LogP contribution in [-0.2, 0) is 30.8 Å². The summed E-state index contributed by atoms with van der Waals surface area (Å²) < 4.78 is 49.5. The monoisotopic (exact) mass is 770 g/mol. The maximum absolute atomic E-state index is 14.8. The third-order valence-electron chi connectivity index (χ3n) is 8.51. The molecule has 0 aromatic heterocycles. The molecule has 3 N–H and O–H groups in total. The summed E-state index contributed by atoms with van der Waals surface area (Å²) in [4.78, 5) is 38.7. The van der Waals surface area contributed by atoms with Crippen LogP contribution in [0.4, 0.5) is 10.1 Å². The summed E-state index contributed by atoms with van der Waals surface area (Å²) in [6.07, 6.45) is -0.797. The number of nitrogens with one attached hydrogen (secondary N) is 2. The lowest BCUT2D eigenvalue weighted by molar-refractivity contribution is -0.141. The zero-order chi connectivity index (χ0) is 37.4. The maximum Gasteiger partial charge on any atom is 0.312 e. The van der Waals surface area contributed by atoms with Gasteiger partial charge in [0.15, 0.2) is 0 Å². The van der Waals surface area contributed by atoms with Crippen LogP contribution in [0.5, 0.6) is 5.75 Å². The molecule has 0 radical (unpaired) electrons. The molecule has 1 aliphatic rings. The van der Waals surface area contributed by atoms with Gasteiger partial charge >= 0.3 is 5.97 Å². The quantitative estimate of drug-likeness (QED) is 0.134. The number of likely N-dealkylation sites (tertiary alicyclic amines) is 1. The average molecular weight is 772 g/mol. The summed E-state index contributed by atoms with van der Waals surface area (Å²) >= 11 is 12.3. The fourth-order valence-corrected chi connectivity index (χ4v) is 7.93. The highest BCUT2D eigenvalue weighted by Gasteiger charge is 2.42. The number of sulfonamides is 1. The first-order valence-electron chi connectivity index (χ1n) is 16.3. The predicted octanol–water partition coefficient (Wildman–Crippen LogP) is 5.07. The van der Waals surface area contributed by atoms with Crippen molar-refractivity contribution in [2.45, 2.75) is 31.0 Å². The van der Waals surface area contributed by atoms with Gasteiger partial charge in [-0.15, -0.1) is 0 Å². The Bertz CT molecular complexity index is 1940. The van der Waals surface area contributed by atoms with Crippen LogP contribution in [0.1, 0.15) is 29.2 Å². The van der Waals surface area contributed by atoms with E-state index in [1.54, 1.807) is 54.6 Å². The first-order valence-corrected chi connectivity index (χ1v) is 18.6. The van der Waals surface area contributed by atoms with E-state index in [1.807, 2.05) is 24.3 Å². The van der Waals surface area contributed by atoms with Crippen molar-refractivity contribution in [2.75, 3.05) is 36.8 Å². The number of anilines is 1. The standard InChI is InChI=1S/C37H37Cl2FN4O7S/c1-51-32-19-29(40)18-30(20-32)44(31-22-43(23-31)36(25-7-11-27(38)12-8-25)26-9-13-28(39)14-10-26)52(49,50)16-15-41-37(48)33(42-34(45)21-35(46)47)17-24-5-3-2-4-6-24/h2-14,18-20,31,33,36H,15-17,21-23H2,1H3,(H,41,48)(H,42,45)(H,46,47). The highest BCUT2D eigenvalue weighted by atomic mass is 35.5. The van der Waals surface area contributed by atoms with E-state index >= 15 is 0 Å². The summed E-state index contributed by atoms with van der Waals surface area (Å²) in [5, 5.41) is 15.2. The molecule has 274 valence electrons. The average Bonchev–Trinajstić information content (AvgIpc) is 3.08. The molecule has 1 fully saturated rings. The van der Waals surface area contributed by atoms with E-state index in [0.29, 0.717) is 15.6 Å². The molecule has 1 heterocycles. The topological polar surface area (TPSA) is 145 Å². The minimum atomic E-state index is -4.22. The second kappa shape index (κ2) is 17.2. The first kappa shape index (κ1) is 38.5. The molecule has 0 saturated carbocycles. The van der Waals surface area contributed by atoms with Crippen LogP contribution in [0.3, 0.4) is 0 Å². The zero-order valence-electron chi connectivity index (χ0n) is 28.0. The third-order valence-corrected chi connectivity index (χ3v) is 10.8. The van der Waals surface area contributed by atoms with Gasteiger partial charge in [-0.1, -0.05) is 77.8 Å². The number of hydrogen-bond acceptors (Lipinski definition) is 7. The number of methoxy groups -OCH3 is 1. The van der Waals surface area contributed by atoms with Crippen molar-refractivity contribution >= 4 is 56.7 Å². The second-order valence-electron chi connectivity index (χ2n) is 12.2. The van der Waals surface area contributed by atoms with Crippen molar-refractivity contribution in [2.24, 2.45) is 0 Å². The number of carbonyl (C=O) groups is 3. The van der Waals surface area contributed by atoms with Gasteiger partial charge in [0.1, 0.15) is 24.0 Å². The molecule has 1 atom stereocenters. The van der Waals surface area contributed by atoms with Crippen molar-refractivity contribution in [1.29, 1.82) is 0 Å². The van der Waals surface area contributed by atoms with Crippen molar-refractivity contribution in [1.82, 2.24) is 15.5 Å². The number of aliphatic carboxylic acids is 1. The molecule has 4 aromatic carbocycles. The molecule has 1 saturated heterocycles. The number of nitrogens with zero attached hydrogens (tertiary/aromatic N) is 2. The van der Waals surface area contributed by atoms with Crippen LogP contribution in [0.25, 0.3) is 0 Å². The minimum Gasteiger partial charge on any atom is -0.497 e. The molecule has 1 aliphatic heterocycles. The number of carboxylic acid groups (broad SMARTS) is 1. The van der Waals surface area contributed by atoms with E-state index in [4.69, 9.17) is 33.0 Å². The van der Waals surface area contributed by atoms with E-state index in [0.717, 1.165) is 27.6 Å². The number of amides is 2. The van der Waals surface area contributed by atoms with Gasteiger partial charge in [0, 0.05) is 48.2 Å². The van der Waals surface area contributed by atoms with Gasteiger partial charge in [-0.3, -0.25) is 23.6 Å². The molecular weight excluding hydrogens is 734 g/mol. The normalized spacial score (nSPS) is 13.9. The SMILES string of the molecule is COc1cc(F)cc(N(C2CN(C(c3ccc(Cl)cc3)c3ccc(Cl)cc3)C2)S(=O)(=O)CCNC(=O)C(Cc2ccccc2)NC(=O)CC(=O)O)c1. The smallest absolute Gasteiger partial charge is 0.312 e. The first-order chi connectivity index (χ1) is 24.8. The van der Waals surface area contributed by atoms with Gasteiger partial charge in [0.05, 0.1) is 30.6 Å². The molecule has 0 aliphatic carbocycles. The van der Waals surface area contributed by atoms with Gasteiger partial charge in [-0.2, -0.15) is 0 Å². The highest BCUT2D eigenvalue weighted by Crippen LogP contribution is 2.37. The summed E-state index contributed by atoms with van der Waals surface area (Å²) in [7, 11) is -2.87. The minimum absolute atomic E-state index is 0.0420. The molecule has 2 amide bonds. The Hall–Kier alpha value is -4.69. The number of ether oxygens (including phenoxy) is 1. The fourth-order valence-electron chi connectivity index (χ4n) is 6.11. The summed E-state index contributed by atoms with van der Waals surface area (Å²) in [5.41, 5.74) is 2.61. The fraction of sp³-hybridized carbons (Fsp3) is 0.270. The van der Waals surface area contributed by atoms with Gasteiger partial charge < -0.3 is 20.5 Å². The molecule has 0 spiro atoms. The lowest BCUT2D eigenvalue weighted by Crippen LogP contribution is -2.62. The van der Waals surface area contributed by atoms with Gasteiger partial charge in [-0.05, 0) is 47.0 Å². The largest absolute Gasteiger partial charge is 0.497 e. The van der Waals surface area contributed by atoms with Crippen LogP contribution in [0, 0.1) is 5.82 Å². The highest BCUT2D eigenvalue weighted by molar-refractivity contribution is 7.92. The number of rotatable bonds is 16. The molecule has 1 unspecified atom stereocenters. The zero-order valence-corrected chi connectivity index (χ0v) is 30.4. The lowest BCUT2D eigenvalue weighted by Gasteiger charge is -2.49. The Kier molecular flexibility index (Phi) is 12.8. The van der Waals surface area contributed by atoms with E-state index in [9.17, 15) is 27.2 Å². The second-order valence-corrected chi connectivity index (χ2v) is 15.1. The van der Waals surface area contributed by atoms with E-state index in [2.05, 4.69) is 15.5 Å². The van der Waals surface area contributed by atoms with Crippen LogP contribution >= 0.6 is 23.2 Å². The van der Waals surface area contributed by atoms with Crippen LogP contribution in [0.2, 0.25) is 10.0 Å². The van der Waals surface area contributed by atoms with Crippen molar-refractivity contribution in [3.05, 3.63) is 130 Å². The predicted molar refractivity (Wildman–Crippen MR) is 197 cm³/mol. The van der Waals surface area contributed by atoms with E-state index in [1.165, 1.54) is 13.2 Å². The summed E-state index contributed by atoms with van der Waals surface area (Å²) in [6.45, 7) is 0.197.